The van der Waals surface area contributed by atoms with E-state index in [2.05, 4.69) is 30.6 Å². The van der Waals surface area contributed by atoms with Crippen LogP contribution in [0.5, 0.6) is 0 Å². The molecule has 3 heteroatoms. The number of aromatic nitrogens is 2. The Morgan fingerprint density at radius 3 is 2.00 bits per heavy atom. The second-order valence-corrected chi connectivity index (χ2v) is 5.46. The van der Waals surface area contributed by atoms with Crippen LogP contribution in [0.25, 0.3) is 6.20 Å². The van der Waals surface area contributed by atoms with Crippen LogP contribution < -0.4 is 28.5 Å². The van der Waals surface area contributed by atoms with Crippen LogP contribution in [0.4, 0.5) is 0 Å². The molecule has 1 heterocycles. The molecule has 1 aromatic rings. The van der Waals surface area contributed by atoms with Crippen molar-refractivity contribution in [2.45, 2.75) is 77.7 Å². The van der Waals surface area contributed by atoms with Crippen LogP contribution in [0, 0.1) is 0 Å². The van der Waals surface area contributed by atoms with Gasteiger partial charge in [0, 0.05) is 0 Å². The van der Waals surface area contributed by atoms with Gasteiger partial charge in [-0.3, -0.25) is 0 Å². The summed E-state index contributed by atoms with van der Waals surface area (Å²) in [7, 11) is 0. The van der Waals surface area contributed by atoms with Crippen molar-refractivity contribution in [1.82, 2.24) is 4.57 Å². The van der Waals surface area contributed by atoms with Crippen LogP contribution in [-0.2, 0) is 6.54 Å². The summed E-state index contributed by atoms with van der Waals surface area (Å²) in [6.07, 6.45) is 22.1. The molecule has 0 radical (unpaired) electrons. The third kappa shape index (κ3) is 9.56. The average Bonchev–Trinajstić information content (AvgIpc) is 2.89. The predicted molar refractivity (Wildman–Crippen MR) is 82.9 cm³/mol. The van der Waals surface area contributed by atoms with Gasteiger partial charge in [0.25, 0.3) is 0 Å². The minimum Gasteiger partial charge on any atom is -1.00 e. The van der Waals surface area contributed by atoms with Crippen LogP contribution in [0.15, 0.2) is 25.3 Å². The maximum absolute atomic E-state index is 3.75. The van der Waals surface area contributed by atoms with Gasteiger partial charge in [0.1, 0.15) is 12.4 Å². The molecule has 0 amide bonds. The number of hydrogen-bond acceptors (Lipinski definition) is 0. The number of nitrogens with zero attached hydrogens (tertiary/aromatic N) is 2. The molecular weight excluding hydrogens is 359 g/mol. The topological polar surface area (TPSA) is 8.81 Å². The fourth-order valence-electron chi connectivity index (χ4n) is 2.43. The maximum atomic E-state index is 3.75. The lowest BCUT2D eigenvalue weighted by molar-refractivity contribution is -0.696. The zero-order chi connectivity index (χ0) is 13.8. The minimum atomic E-state index is 0. The highest BCUT2D eigenvalue weighted by Crippen LogP contribution is 2.10. The van der Waals surface area contributed by atoms with E-state index >= 15 is 0 Å². The van der Waals surface area contributed by atoms with E-state index < -0.39 is 0 Å². The summed E-state index contributed by atoms with van der Waals surface area (Å²) in [6.45, 7) is 7.17. The summed E-state index contributed by atoms with van der Waals surface area (Å²) in [6, 6.07) is 0. The summed E-state index contributed by atoms with van der Waals surface area (Å²) in [5.41, 5.74) is 0. The van der Waals surface area contributed by atoms with Crippen LogP contribution >= 0.6 is 0 Å². The minimum absolute atomic E-state index is 0. The number of hydrogen-bond donors (Lipinski definition) is 0. The van der Waals surface area contributed by atoms with Gasteiger partial charge in [-0.25, -0.2) is 9.13 Å². The Labute approximate surface area is 142 Å². The third-order valence-corrected chi connectivity index (χ3v) is 3.69. The van der Waals surface area contributed by atoms with Crippen LogP contribution in [0.1, 0.15) is 71.1 Å². The van der Waals surface area contributed by atoms with Crippen LogP contribution in [0.3, 0.4) is 0 Å². The van der Waals surface area contributed by atoms with Gasteiger partial charge in [-0.1, -0.05) is 64.9 Å². The van der Waals surface area contributed by atoms with Crippen molar-refractivity contribution in [3.05, 3.63) is 25.3 Å². The first-order chi connectivity index (χ1) is 9.36. The van der Waals surface area contributed by atoms with Crippen molar-refractivity contribution < 1.29 is 28.5 Å². The SMILES string of the molecule is C=Cn1cc[n+](CCCCCCCCCCCC)c1.[I-]. The Morgan fingerprint density at radius 2 is 1.50 bits per heavy atom. The molecule has 0 aliphatic heterocycles. The smallest absolute Gasteiger partial charge is 0.248 e. The fraction of sp³-hybridized carbons (Fsp3) is 0.706. The van der Waals surface area contributed by atoms with E-state index in [1.807, 2.05) is 17.0 Å². The maximum Gasteiger partial charge on any atom is 0.248 e. The molecule has 2 nitrogen and oxygen atoms in total. The summed E-state index contributed by atoms with van der Waals surface area (Å²) in [5.74, 6) is 0. The molecule has 116 valence electrons. The molecule has 0 aliphatic rings. The standard InChI is InChI=1S/C17H31N2.HI/c1-3-5-6-7-8-9-10-11-12-13-14-19-16-15-18(4-2)17-19;/h4,15-17H,2-3,5-14H2,1H3;1H/q+1;/p-1. The van der Waals surface area contributed by atoms with Gasteiger partial charge in [0.15, 0.2) is 0 Å². The molecule has 0 unspecified atom stereocenters. The fourth-order valence-corrected chi connectivity index (χ4v) is 2.43. The lowest BCUT2D eigenvalue weighted by Crippen LogP contribution is -3.00. The molecule has 0 spiro atoms. The zero-order valence-corrected chi connectivity index (χ0v) is 15.2. The molecule has 0 atom stereocenters. The molecule has 1 aromatic heterocycles. The van der Waals surface area contributed by atoms with Crippen molar-refractivity contribution in [2.75, 3.05) is 0 Å². The molecule has 0 aliphatic carbocycles. The number of halogens is 1. The molecule has 1 rings (SSSR count). The van der Waals surface area contributed by atoms with Crippen molar-refractivity contribution in [3.8, 4) is 0 Å². The van der Waals surface area contributed by atoms with Crippen molar-refractivity contribution in [2.24, 2.45) is 0 Å². The van der Waals surface area contributed by atoms with E-state index in [1.54, 1.807) is 0 Å². The Kier molecular flexibility index (Phi) is 13.4. The molecule has 0 bridgehead atoms. The number of unbranched alkanes of at least 4 members (excludes halogenated alkanes) is 9. The van der Waals surface area contributed by atoms with Crippen molar-refractivity contribution in [1.29, 1.82) is 0 Å². The van der Waals surface area contributed by atoms with Gasteiger partial charge in [0.2, 0.25) is 6.33 Å². The highest BCUT2D eigenvalue weighted by molar-refractivity contribution is 5.12. The first-order valence-corrected chi connectivity index (χ1v) is 8.06. The highest BCUT2D eigenvalue weighted by Gasteiger charge is 2.00. The van der Waals surface area contributed by atoms with Gasteiger partial charge >= 0.3 is 0 Å². The van der Waals surface area contributed by atoms with Gasteiger partial charge in [-0.05, 0) is 12.8 Å². The van der Waals surface area contributed by atoms with E-state index in [0.29, 0.717) is 0 Å². The van der Waals surface area contributed by atoms with E-state index in [1.165, 1.54) is 64.2 Å². The Balaban J connectivity index is 0.00000361. The normalized spacial score (nSPS) is 10.2. The van der Waals surface area contributed by atoms with E-state index in [0.717, 1.165) is 6.54 Å². The third-order valence-electron chi connectivity index (χ3n) is 3.69. The van der Waals surface area contributed by atoms with E-state index in [9.17, 15) is 0 Å². The quantitative estimate of drug-likeness (QED) is 0.293. The molecule has 0 aromatic carbocycles. The highest BCUT2D eigenvalue weighted by atomic mass is 127. The monoisotopic (exact) mass is 390 g/mol. The number of rotatable bonds is 12. The first-order valence-electron chi connectivity index (χ1n) is 8.06. The molecule has 0 N–H and O–H groups in total. The van der Waals surface area contributed by atoms with Crippen molar-refractivity contribution >= 4 is 6.20 Å². The second kappa shape index (κ2) is 13.7. The van der Waals surface area contributed by atoms with Crippen molar-refractivity contribution in [3.63, 3.8) is 0 Å². The lowest BCUT2D eigenvalue weighted by atomic mass is 10.1. The summed E-state index contributed by atoms with van der Waals surface area (Å²) in [5, 5.41) is 0. The van der Waals surface area contributed by atoms with Crippen LogP contribution in [-0.4, -0.2) is 4.57 Å². The van der Waals surface area contributed by atoms with Crippen LogP contribution in [0.2, 0.25) is 0 Å². The molecular formula is C17H31IN2. The molecule has 20 heavy (non-hydrogen) atoms. The number of imidazole rings is 1. The zero-order valence-electron chi connectivity index (χ0n) is 13.1. The first kappa shape index (κ1) is 19.7. The Bertz CT molecular complexity index is 333. The van der Waals surface area contributed by atoms with E-state index in [-0.39, 0.29) is 24.0 Å². The second-order valence-electron chi connectivity index (χ2n) is 5.46. The molecule has 0 saturated carbocycles. The molecule has 0 fully saturated rings. The predicted octanol–water partition coefficient (Wildman–Crippen LogP) is 1.80. The Morgan fingerprint density at radius 1 is 0.950 bits per heavy atom. The summed E-state index contributed by atoms with van der Waals surface area (Å²) < 4.78 is 4.24. The summed E-state index contributed by atoms with van der Waals surface area (Å²) in [4.78, 5) is 0. The average molecular weight is 390 g/mol. The van der Waals surface area contributed by atoms with Gasteiger partial charge < -0.3 is 24.0 Å². The largest absolute Gasteiger partial charge is 1.00 e. The summed E-state index contributed by atoms with van der Waals surface area (Å²) >= 11 is 0. The Hall–Kier alpha value is -0.320. The van der Waals surface area contributed by atoms with Gasteiger partial charge in [0.05, 0.1) is 12.7 Å². The van der Waals surface area contributed by atoms with Gasteiger partial charge in [-0.2, -0.15) is 0 Å². The number of aryl methyl sites for hydroxylation is 1. The lowest BCUT2D eigenvalue weighted by Gasteiger charge is -2.01. The van der Waals surface area contributed by atoms with Gasteiger partial charge in [-0.15, -0.1) is 0 Å². The molecule has 0 saturated heterocycles. The van der Waals surface area contributed by atoms with E-state index in [4.69, 9.17) is 0 Å².